The molecule has 7 heteroatoms. The van der Waals surface area contributed by atoms with Crippen molar-refractivity contribution >= 4 is 99.1 Å². The number of nitrogens with zero attached hydrogens (tertiary/aromatic N) is 2. The Morgan fingerprint density at radius 3 is 1.46 bits per heavy atom. The van der Waals surface area contributed by atoms with Crippen LogP contribution in [0.5, 0.6) is 0 Å². The van der Waals surface area contributed by atoms with Crippen LogP contribution in [0.3, 0.4) is 0 Å². The maximum atomic E-state index is 5.28. The van der Waals surface area contributed by atoms with Gasteiger partial charge in [-0.2, -0.15) is 0 Å². The van der Waals surface area contributed by atoms with E-state index < -0.39 is 0 Å². The first-order chi connectivity index (χ1) is 22.5. The van der Waals surface area contributed by atoms with E-state index in [2.05, 4.69) is 171 Å². The molecule has 0 fully saturated rings. The highest BCUT2D eigenvalue weighted by molar-refractivity contribution is 6.69. The van der Waals surface area contributed by atoms with Crippen molar-refractivity contribution in [2.45, 2.75) is 0 Å². The molecule has 212 valence electrons. The number of para-hydroxylation sites is 3. The van der Waals surface area contributed by atoms with Crippen LogP contribution in [0, 0.1) is 0 Å². The lowest BCUT2D eigenvalue weighted by molar-refractivity contribution is 1.10. The van der Waals surface area contributed by atoms with Crippen LogP contribution in [-0.2, 0) is 0 Å². The molecule has 0 N–H and O–H groups in total. The molecule has 0 aliphatic rings. The highest BCUT2D eigenvalue weighted by atomic mass is 15.1. The largest absolute Gasteiger partial charge is 0.292 e. The number of benzene rings is 7. The molecule has 1 heterocycles. The molecule has 7 aromatic carbocycles. The molecule has 1 aromatic heterocycles. The maximum absolute atomic E-state index is 5.28. The zero-order valence-corrected chi connectivity index (χ0v) is 27.0. The molecule has 0 aliphatic carbocycles. The van der Waals surface area contributed by atoms with Crippen LogP contribution < -0.4 is 27.3 Å². The number of hydrogen-bond donors (Lipinski definition) is 0. The van der Waals surface area contributed by atoms with Gasteiger partial charge in [-0.05, 0) is 68.1 Å². The Morgan fingerprint density at radius 2 is 0.848 bits per heavy atom. The van der Waals surface area contributed by atoms with Crippen LogP contribution in [0.4, 0.5) is 0 Å². The number of hydrogen-bond acceptors (Lipinski definition) is 1. The van der Waals surface area contributed by atoms with E-state index in [1.165, 1.54) is 71.1 Å². The highest BCUT2D eigenvalue weighted by Gasteiger charge is 2.23. The Morgan fingerprint density at radius 1 is 0.391 bits per heavy atom. The monoisotopic (exact) mass is 582 g/mol. The molecule has 0 unspecified atom stereocenters. The van der Waals surface area contributed by atoms with Crippen molar-refractivity contribution in [3.05, 3.63) is 127 Å². The molecule has 0 bridgehead atoms. The smallest absolute Gasteiger partial charge is 0.146 e. The van der Waals surface area contributed by atoms with E-state index in [0.717, 1.165) is 28.1 Å². The Balaban J connectivity index is 1.51. The van der Waals surface area contributed by atoms with Gasteiger partial charge in [-0.25, -0.2) is 4.98 Å². The minimum absolute atomic E-state index is 0.941. The number of fused-ring (bicyclic) bond motifs is 3. The zero-order chi connectivity index (χ0) is 31.5. The predicted octanol–water partition coefficient (Wildman–Crippen LogP) is 1.62. The van der Waals surface area contributed by atoms with Gasteiger partial charge in [0.1, 0.15) is 45.1 Å². The van der Waals surface area contributed by atoms with Crippen LogP contribution in [0.1, 0.15) is 0 Å². The standard InChI is InChI=1S/C39H31B5N2/c40-34-33(35(41)37(43)38(44)36(34)42)32-25-16-6-4-14-23(25)31(24-15-5-7-17-26(24)32)27-18-8-9-19-28(27)39-45-29-20-10-11-21-30(29)46(39)22-12-2-1-3-13-22/h1-21H,40-44H2. The van der Waals surface area contributed by atoms with E-state index >= 15 is 0 Å². The average Bonchev–Trinajstić information content (AvgIpc) is 3.49. The topological polar surface area (TPSA) is 17.8 Å². The molecule has 0 spiro atoms. The van der Waals surface area contributed by atoms with E-state index in [1.54, 1.807) is 0 Å². The van der Waals surface area contributed by atoms with Crippen LogP contribution in [0.15, 0.2) is 127 Å². The third kappa shape index (κ3) is 4.22. The van der Waals surface area contributed by atoms with Crippen molar-refractivity contribution in [3.63, 3.8) is 0 Å². The summed E-state index contributed by atoms with van der Waals surface area (Å²) in [6.07, 6.45) is 0. The molecule has 8 aromatic rings. The molecule has 0 radical (unpaired) electrons. The van der Waals surface area contributed by atoms with Crippen LogP contribution in [0.25, 0.3) is 71.9 Å². The minimum Gasteiger partial charge on any atom is -0.292 e. The summed E-state index contributed by atoms with van der Waals surface area (Å²) in [6, 6.07) is 45.8. The van der Waals surface area contributed by atoms with Gasteiger partial charge < -0.3 is 0 Å². The fourth-order valence-corrected chi connectivity index (χ4v) is 7.50. The Kier molecular flexibility index (Phi) is 6.80. The highest BCUT2D eigenvalue weighted by Crippen LogP contribution is 2.45. The molecule has 46 heavy (non-hydrogen) atoms. The molecular weight excluding hydrogens is 551 g/mol. The lowest BCUT2D eigenvalue weighted by Crippen LogP contribution is -2.55. The molecule has 0 saturated heterocycles. The second-order valence-corrected chi connectivity index (χ2v) is 12.5. The molecule has 2 nitrogen and oxygen atoms in total. The van der Waals surface area contributed by atoms with Gasteiger partial charge in [0.25, 0.3) is 0 Å². The van der Waals surface area contributed by atoms with E-state index in [-0.39, 0.29) is 0 Å². The quantitative estimate of drug-likeness (QED) is 0.228. The van der Waals surface area contributed by atoms with E-state index in [1.807, 2.05) is 0 Å². The summed E-state index contributed by atoms with van der Waals surface area (Å²) < 4.78 is 2.30. The SMILES string of the molecule is Bc1c(B)c(B)c(-c2c3ccccc3c(-c3ccccc3-c3nc4ccccc4n3-c3ccccc3)c3ccccc23)c(B)c1B. The van der Waals surface area contributed by atoms with E-state index in [0.29, 0.717) is 0 Å². The van der Waals surface area contributed by atoms with Gasteiger partial charge in [-0.15, -0.1) is 16.4 Å². The molecular formula is C39H31B5N2. The lowest BCUT2D eigenvalue weighted by atomic mass is 9.59. The third-order valence-electron chi connectivity index (χ3n) is 10.2. The van der Waals surface area contributed by atoms with Crippen molar-refractivity contribution in [2.75, 3.05) is 0 Å². The van der Waals surface area contributed by atoms with Gasteiger partial charge in [0.05, 0.1) is 11.0 Å². The summed E-state index contributed by atoms with van der Waals surface area (Å²) in [7, 11) is 11.4. The minimum atomic E-state index is 0.941. The summed E-state index contributed by atoms with van der Waals surface area (Å²) in [5.41, 5.74) is 16.3. The van der Waals surface area contributed by atoms with E-state index in [4.69, 9.17) is 4.98 Å². The van der Waals surface area contributed by atoms with Gasteiger partial charge in [0.2, 0.25) is 0 Å². The first kappa shape index (κ1) is 28.3. The number of rotatable bonds is 4. The maximum Gasteiger partial charge on any atom is 0.146 e. The van der Waals surface area contributed by atoms with Crippen LogP contribution in [0.2, 0.25) is 0 Å². The molecule has 0 aliphatic heterocycles. The second kappa shape index (κ2) is 11.0. The molecule has 0 amide bonds. The predicted molar refractivity (Wildman–Crippen MR) is 213 cm³/mol. The van der Waals surface area contributed by atoms with Gasteiger partial charge in [0, 0.05) is 11.3 Å². The van der Waals surface area contributed by atoms with Gasteiger partial charge in [-0.3, -0.25) is 4.57 Å². The number of aromatic nitrogens is 2. The van der Waals surface area contributed by atoms with Crippen molar-refractivity contribution < 1.29 is 0 Å². The summed E-state index contributed by atoms with van der Waals surface area (Å²) >= 11 is 0. The Hall–Kier alpha value is -5.15. The molecule has 0 atom stereocenters. The average molecular weight is 582 g/mol. The van der Waals surface area contributed by atoms with Gasteiger partial charge in [0.15, 0.2) is 0 Å². The fraction of sp³-hybridized carbons (Fsp3) is 0. The van der Waals surface area contributed by atoms with Crippen molar-refractivity contribution in [3.8, 4) is 39.3 Å². The van der Waals surface area contributed by atoms with Crippen molar-refractivity contribution in [2.24, 2.45) is 0 Å². The molecule has 0 saturated carbocycles. The third-order valence-corrected chi connectivity index (χ3v) is 10.2. The fourth-order valence-electron chi connectivity index (χ4n) is 7.50. The van der Waals surface area contributed by atoms with Gasteiger partial charge >= 0.3 is 0 Å². The normalized spacial score (nSPS) is 11.5. The first-order valence-electron chi connectivity index (χ1n) is 16.1. The number of imidazole rings is 1. The summed E-state index contributed by atoms with van der Waals surface area (Å²) in [4.78, 5) is 5.28. The summed E-state index contributed by atoms with van der Waals surface area (Å²) in [5.74, 6) is 0.941. The summed E-state index contributed by atoms with van der Waals surface area (Å²) in [5, 5.41) is 5.05. The lowest BCUT2D eigenvalue weighted by Gasteiger charge is -2.25. The van der Waals surface area contributed by atoms with Crippen molar-refractivity contribution in [1.82, 2.24) is 9.55 Å². The van der Waals surface area contributed by atoms with E-state index in [9.17, 15) is 0 Å². The summed E-state index contributed by atoms with van der Waals surface area (Å²) in [6.45, 7) is 0. The van der Waals surface area contributed by atoms with Crippen LogP contribution in [-0.4, -0.2) is 48.8 Å². The zero-order valence-electron chi connectivity index (χ0n) is 27.0. The molecule has 8 rings (SSSR count). The first-order valence-corrected chi connectivity index (χ1v) is 16.1. The second-order valence-electron chi connectivity index (χ2n) is 12.5. The Labute approximate surface area is 274 Å². The van der Waals surface area contributed by atoms with Crippen LogP contribution >= 0.6 is 0 Å². The van der Waals surface area contributed by atoms with Crippen molar-refractivity contribution in [1.29, 1.82) is 0 Å². The van der Waals surface area contributed by atoms with Gasteiger partial charge in [-0.1, -0.05) is 114 Å². The Bertz CT molecular complexity index is 2400.